The van der Waals surface area contributed by atoms with Crippen molar-refractivity contribution in [3.63, 3.8) is 0 Å². The van der Waals surface area contributed by atoms with Gasteiger partial charge in [-0.3, -0.25) is 0 Å². The molecule has 0 rings (SSSR count). The molecule has 0 unspecified atom stereocenters. The second-order valence-corrected chi connectivity index (χ2v) is 17.6. The third kappa shape index (κ3) is 7.31. The van der Waals surface area contributed by atoms with Gasteiger partial charge in [-0.1, -0.05) is 53.3 Å². The monoisotopic (exact) mass is 300 g/mol. The first-order valence-corrected chi connectivity index (χ1v) is 13.5. The quantitative estimate of drug-likeness (QED) is 0.630. The maximum absolute atomic E-state index is 10.1. The van der Waals surface area contributed by atoms with Crippen molar-refractivity contribution in [3.8, 4) is 11.5 Å². The van der Waals surface area contributed by atoms with Gasteiger partial charge in [0.15, 0.2) is 8.32 Å². The lowest BCUT2D eigenvalue weighted by Crippen LogP contribution is -2.42. The Labute approximate surface area is 122 Å². The van der Waals surface area contributed by atoms with E-state index in [0.29, 0.717) is 6.61 Å². The van der Waals surface area contributed by atoms with E-state index in [9.17, 15) is 5.11 Å². The van der Waals surface area contributed by atoms with Gasteiger partial charge in [-0.2, -0.15) is 0 Å². The molecular formula is C15H32O2Si2. The summed E-state index contributed by atoms with van der Waals surface area (Å²) < 4.78 is 6.13. The smallest absolute Gasteiger partial charge is 0.191 e. The van der Waals surface area contributed by atoms with Gasteiger partial charge in [0, 0.05) is 12.5 Å². The largest absolute Gasteiger partial charge is 0.416 e. The summed E-state index contributed by atoms with van der Waals surface area (Å²) in [6.45, 7) is 20.3. The Bertz CT molecular complexity index is 340. The Hall–Kier alpha value is -0.0862. The van der Waals surface area contributed by atoms with E-state index >= 15 is 0 Å². The average molecular weight is 301 g/mol. The first-order chi connectivity index (χ1) is 8.26. The second kappa shape index (κ2) is 6.58. The molecule has 19 heavy (non-hydrogen) atoms. The number of rotatable bonds is 4. The maximum Gasteiger partial charge on any atom is 0.191 e. The van der Waals surface area contributed by atoms with Crippen molar-refractivity contribution in [3.05, 3.63) is 0 Å². The summed E-state index contributed by atoms with van der Waals surface area (Å²) in [6.07, 6.45) is -0.573. The minimum absolute atomic E-state index is 0.0676. The summed E-state index contributed by atoms with van der Waals surface area (Å²) in [5, 5.41) is 10.3. The van der Waals surface area contributed by atoms with Gasteiger partial charge >= 0.3 is 0 Å². The minimum atomic E-state index is -1.72. The molecule has 1 N–H and O–H groups in total. The molecule has 0 fully saturated rings. The van der Waals surface area contributed by atoms with Gasteiger partial charge < -0.3 is 9.53 Å². The maximum atomic E-state index is 10.1. The first-order valence-electron chi connectivity index (χ1n) is 7.11. The van der Waals surface area contributed by atoms with Gasteiger partial charge in [0.05, 0.1) is 0 Å². The number of aliphatic hydroxyl groups excluding tert-OH is 1. The number of hydrogen-bond donors (Lipinski definition) is 1. The first kappa shape index (κ1) is 18.9. The highest BCUT2D eigenvalue weighted by atomic mass is 28.4. The van der Waals surface area contributed by atoms with Crippen molar-refractivity contribution in [2.24, 2.45) is 5.92 Å². The molecule has 0 aromatic rings. The molecule has 0 aliphatic carbocycles. The fourth-order valence-electron chi connectivity index (χ4n) is 1.08. The zero-order valence-electron chi connectivity index (χ0n) is 14.2. The Balaban J connectivity index is 4.47. The predicted octanol–water partition coefficient (Wildman–Crippen LogP) is 3.89. The van der Waals surface area contributed by atoms with Crippen LogP contribution in [0.2, 0.25) is 37.8 Å². The van der Waals surface area contributed by atoms with Crippen LogP contribution in [0.3, 0.4) is 0 Å². The Kier molecular flexibility index (Phi) is 6.55. The lowest BCUT2D eigenvalue weighted by atomic mass is 10.1. The van der Waals surface area contributed by atoms with Gasteiger partial charge in [0.1, 0.15) is 14.2 Å². The van der Waals surface area contributed by atoms with Crippen molar-refractivity contribution in [1.29, 1.82) is 0 Å². The molecule has 0 radical (unpaired) electrons. The molecule has 2 nitrogen and oxygen atoms in total. The molecule has 2 atom stereocenters. The molecule has 0 aromatic carbocycles. The highest BCUT2D eigenvalue weighted by Gasteiger charge is 2.37. The van der Waals surface area contributed by atoms with Crippen molar-refractivity contribution in [1.82, 2.24) is 0 Å². The number of hydrogen-bond acceptors (Lipinski definition) is 2. The van der Waals surface area contributed by atoms with E-state index in [4.69, 9.17) is 4.43 Å². The Morgan fingerprint density at radius 2 is 1.58 bits per heavy atom. The van der Waals surface area contributed by atoms with E-state index in [2.05, 4.69) is 65.0 Å². The van der Waals surface area contributed by atoms with Crippen molar-refractivity contribution >= 4 is 16.4 Å². The molecule has 0 aliphatic rings. The molecule has 0 amide bonds. The van der Waals surface area contributed by atoms with E-state index < -0.39 is 22.5 Å². The van der Waals surface area contributed by atoms with E-state index in [1.54, 1.807) is 0 Å². The topological polar surface area (TPSA) is 29.5 Å². The summed E-state index contributed by atoms with van der Waals surface area (Å²) in [4.78, 5) is 0. The Morgan fingerprint density at radius 3 is 1.95 bits per heavy atom. The zero-order valence-corrected chi connectivity index (χ0v) is 16.2. The van der Waals surface area contributed by atoms with Crippen LogP contribution in [0.15, 0.2) is 0 Å². The molecule has 0 bridgehead atoms. The molecule has 0 aliphatic heterocycles. The van der Waals surface area contributed by atoms with Crippen LogP contribution in [-0.4, -0.2) is 34.2 Å². The van der Waals surface area contributed by atoms with Gasteiger partial charge in [-0.05, 0) is 18.1 Å². The molecule has 0 aromatic heterocycles. The summed E-state index contributed by atoms with van der Waals surface area (Å²) in [5.74, 6) is 3.07. The highest BCUT2D eigenvalue weighted by molar-refractivity contribution is 6.83. The second-order valence-electron chi connectivity index (χ2n) is 8.01. The molecule has 0 saturated carbocycles. The normalized spacial score (nSPS) is 16.5. The van der Waals surface area contributed by atoms with Crippen LogP contribution in [-0.2, 0) is 4.43 Å². The summed E-state index contributed by atoms with van der Waals surface area (Å²) in [6, 6.07) is 0. The molecule has 0 saturated heterocycles. The summed E-state index contributed by atoms with van der Waals surface area (Å²) in [5.41, 5.74) is 3.22. The van der Waals surface area contributed by atoms with Gasteiger partial charge in [-0.25, -0.2) is 0 Å². The van der Waals surface area contributed by atoms with Gasteiger partial charge in [-0.15, -0.1) is 5.54 Å². The SMILES string of the molecule is C[C@H](CO[Si](C)(C)C(C)(C)C)[C@H](O)C#C[Si](C)(C)C. The van der Waals surface area contributed by atoms with E-state index in [1.165, 1.54) is 0 Å². The lowest BCUT2D eigenvalue weighted by molar-refractivity contribution is 0.121. The fourth-order valence-corrected chi connectivity index (χ4v) is 2.77. The third-order valence-corrected chi connectivity index (χ3v) is 9.04. The van der Waals surface area contributed by atoms with Crippen molar-refractivity contribution < 1.29 is 9.53 Å². The van der Waals surface area contributed by atoms with E-state index in [0.717, 1.165) is 0 Å². The van der Waals surface area contributed by atoms with Crippen LogP contribution in [0.25, 0.3) is 0 Å². The molecule has 112 valence electrons. The molecule has 0 heterocycles. The average Bonchev–Trinajstić information content (AvgIpc) is 2.19. The molecular weight excluding hydrogens is 268 g/mol. The molecule has 4 heteroatoms. The number of aliphatic hydroxyl groups is 1. The van der Waals surface area contributed by atoms with Gasteiger partial charge in [0.2, 0.25) is 0 Å². The van der Waals surface area contributed by atoms with Crippen LogP contribution in [0.5, 0.6) is 0 Å². The summed E-state index contributed by atoms with van der Waals surface area (Å²) in [7, 11) is -3.13. The van der Waals surface area contributed by atoms with Crippen LogP contribution >= 0.6 is 0 Å². The standard InChI is InChI=1S/C15H32O2Si2/c1-13(14(16)10-11-18(5,6)7)12-17-19(8,9)15(2,3)4/h13-14,16H,12H2,1-9H3/t13-,14-/m1/s1. The van der Waals surface area contributed by atoms with Crippen molar-refractivity contribution in [2.75, 3.05) is 6.61 Å². The van der Waals surface area contributed by atoms with Crippen LogP contribution < -0.4 is 0 Å². The Morgan fingerprint density at radius 1 is 1.11 bits per heavy atom. The predicted molar refractivity (Wildman–Crippen MR) is 89.4 cm³/mol. The minimum Gasteiger partial charge on any atom is -0.416 e. The lowest BCUT2D eigenvalue weighted by Gasteiger charge is -2.37. The van der Waals surface area contributed by atoms with E-state index in [-0.39, 0.29) is 11.0 Å². The van der Waals surface area contributed by atoms with E-state index in [1.807, 2.05) is 6.92 Å². The third-order valence-electron chi connectivity index (χ3n) is 3.65. The van der Waals surface area contributed by atoms with Crippen LogP contribution in [0.1, 0.15) is 27.7 Å². The van der Waals surface area contributed by atoms with Gasteiger partial charge in [0.25, 0.3) is 0 Å². The summed E-state index contributed by atoms with van der Waals surface area (Å²) >= 11 is 0. The zero-order chi connectivity index (χ0) is 15.5. The van der Waals surface area contributed by atoms with Crippen LogP contribution in [0, 0.1) is 17.4 Å². The molecule has 0 spiro atoms. The fraction of sp³-hybridized carbons (Fsp3) is 0.867. The highest BCUT2D eigenvalue weighted by Crippen LogP contribution is 2.36. The van der Waals surface area contributed by atoms with Crippen LogP contribution in [0.4, 0.5) is 0 Å². The van der Waals surface area contributed by atoms with Crippen molar-refractivity contribution in [2.45, 2.75) is 71.6 Å².